The first kappa shape index (κ1) is 19.6. The fraction of sp³-hybridized carbons (Fsp3) is 0.316. The molecule has 1 N–H and O–H groups in total. The fourth-order valence-corrected chi connectivity index (χ4v) is 3.23. The van der Waals surface area contributed by atoms with Gasteiger partial charge in [0.25, 0.3) is 0 Å². The van der Waals surface area contributed by atoms with Crippen LogP contribution in [0.4, 0.5) is 23.2 Å². The van der Waals surface area contributed by atoms with E-state index in [9.17, 15) is 17.6 Å². The minimum Gasteiger partial charge on any atom is -0.346 e. The van der Waals surface area contributed by atoms with E-state index in [1.165, 1.54) is 18.2 Å². The average molecular weight is 397 g/mol. The van der Waals surface area contributed by atoms with E-state index < -0.39 is 11.7 Å². The molecular formula is C19H19F4N3S. The SMILES string of the molecule is Fc1ccc(CN2CCN(C(=S)Nc3cccc(C(F)(F)F)c3)CC2)cc1. The number of nitrogens with zero attached hydrogens (tertiary/aromatic N) is 2. The highest BCUT2D eigenvalue weighted by Crippen LogP contribution is 2.30. The van der Waals surface area contributed by atoms with Gasteiger partial charge in [0.2, 0.25) is 0 Å². The molecule has 0 saturated carbocycles. The fourth-order valence-electron chi connectivity index (χ4n) is 2.93. The molecule has 0 bridgehead atoms. The van der Waals surface area contributed by atoms with Gasteiger partial charge in [-0.1, -0.05) is 18.2 Å². The predicted octanol–water partition coefficient (Wildman–Crippen LogP) is 4.36. The normalized spacial score (nSPS) is 15.6. The van der Waals surface area contributed by atoms with E-state index in [1.807, 2.05) is 4.90 Å². The average Bonchev–Trinajstić information content (AvgIpc) is 2.64. The Hall–Kier alpha value is -2.19. The number of hydrogen-bond donors (Lipinski definition) is 1. The van der Waals surface area contributed by atoms with Crippen LogP contribution in [0.2, 0.25) is 0 Å². The van der Waals surface area contributed by atoms with E-state index >= 15 is 0 Å². The summed E-state index contributed by atoms with van der Waals surface area (Å²) in [5.41, 5.74) is 0.650. The van der Waals surface area contributed by atoms with E-state index in [-0.39, 0.29) is 5.82 Å². The molecule has 0 spiro atoms. The number of thiocarbonyl (C=S) groups is 1. The maximum atomic E-state index is 13.0. The van der Waals surface area contributed by atoms with E-state index in [4.69, 9.17) is 12.2 Å². The number of rotatable bonds is 3. The molecule has 0 aromatic heterocycles. The molecule has 3 nitrogen and oxygen atoms in total. The van der Waals surface area contributed by atoms with Crippen LogP contribution in [0, 0.1) is 5.82 Å². The minimum atomic E-state index is -4.38. The van der Waals surface area contributed by atoms with E-state index in [0.717, 1.165) is 37.3 Å². The van der Waals surface area contributed by atoms with Gasteiger partial charge in [-0.2, -0.15) is 13.2 Å². The van der Waals surface area contributed by atoms with Crippen LogP contribution in [0.25, 0.3) is 0 Å². The van der Waals surface area contributed by atoms with Crippen molar-refractivity contribution >= 4 is 23.0 Å². The molecule has 0 radical (unpaired) electrons. The maximum absolute atomic E-state index is 13.0. The van der Waals surface area contributed by atoms with Crippen LogP contribution < -0.4 is 5.32 Å². The van der Waals surface area contributed by atoms with Crippen LogP contribution in [0.5, 0.6) is 0 Å². The zero-order chi connectivity index (χ0) is 19.4. The van der Waals surface area contributed by atoms with Crippen molar-refractivity contribution in [3.63, 3.8) is 0 Å². The van der Waals surface area contributed by atoms with Gasteiger partial charge >= 0.3 is 6.18 Å². The van der Waals surface area contributed by atoms with E-state index in [1.54, 1.807) is 18.2 Å². The Morgan fingerprint density at radius 3 is 2.30 bits per heavy atom. The number of alkyl halides is 3. The van der Waals surface area contributed by atoms with Crippen LogP contribution >= 0.6 is 12.2 Å². The Bertz CT molecular complexity index is 784. The lowest BCUT2D eigenvalue weighted by Crippen LogP contribution is -2.49. The third-order valence-electron chi connectivity index (χ3n) is 4.42. The summed E-state index contributed by atoms with van der Waals surface area (Å²) in [6.07, 6.45) is -4.38. The molecular weight excluding hydrogens is 378 g/mol. The van der Waals surface area contributed by atoms with E-state index in [0.29, 0.717) is 23.9 Å². The van der Waals surface area contributed by atoms with Gasteiger partial charge in [-0.25, -0.2) is 4.39 Å². The van der Waals surface area contributed by atoms with Gasteiger partial charge < -0.3 is 10.2 Å². The first-order valence-electron chi connectivity index (χ1n) is 8.51. The summed E-state index contributed by atoms with van der Waals surface area (Å²) in [6.45, 7) is 3.60. The lowest BCUT2D eigenvalue weighted by molar-refractivity contribution is -0.137. The number of hydrogen-bond acceptors (Lipinski definition) is 2. The van der Waals surface area contributed by atoms with Crippen molar-refractivity contribution < 1.29 is 17.6 Å². The number of nitrogens with one attached hydrogen (secondary N) is 1. The molecule has 2 aromatic carbocycles. The van der Waals surface area contributed by atoms with Gasteiger partial charge in [-0.15, -0.1) is 0 Å². The molecule has 0 amide bonds. The number of benzene rings is 2. The van der Waals surface area contributed by atoms with Crippen molar-refractivity contribution in [2.75, 3.05) is 31.5 Å². The Balaban J connectivity index is 1.52. The highest BCUT2D eigenvalue weighted by Gasteiger charge is 2.30. The summed E-state index contributed by atoms with van der Waals surface area (Å²) in [4.78, 5) is 4.17. The highest BCUT2D eigenvalue weighted by molar-refractivity contribution is 7.80. The van der Waals surface area contributed by atoms with Gasteiger partial charge in [-0.3, -0.25) is 4.90 Å². The van der Waals surface area contributed by atoms with Gasteiger partial charge in [-0.05, 0) is 48.1 Å². The quantitative estimate of drug-likeness (QED) is 0.613. The molecule has 1 aliphatic heterocycles. The van der Waals surface area contributed by atoms with Gasteiger partial charge in [0.05, 0.1) is 5.56 Å². The Labute approximate surface area is 160 Å². The van der Waals surface area contributed by atoms with Crippen molar-refractivity contribution in [3.05, 3.63) is 65.5 Å². The monoisotopic (exact) mass is 397 g/mol. The van der Waals surface area contributed by atoms with Crippen molar-refractivity contribution in [2.24, 2.45) is 0 Å². The molecule has 1 saturated heterocycles. The molecule has 8 heteroatoms. The molecule has 144 valence electrons. The smallest absolute Gasteiger partial charge is 0.346 e. The standard InChI is InChI=1S/C19H19F4N3S/c20-16-6-4-14(5-7-16)13-25-8-10-26(11-9-25)18(27)24-17-3-1-2-15(12-17)19(21,22)23/h1-7,12H,8-11,13H2,(H,24,27). The molecule has 1 fully saturated rings. The van der Waals surface area contributed by atoms with Gasteiger partial charge in [0.15, 0.2) is 5.11 Å². The molecule has 3 rings (SSSR count). The van der Waals surface area contributed by atoms with Crippen LogP contribution in [-0.4, -0.2) is 41.1 Å². The zero-order valence-electron chi connectivity index (χ0n) is 14.5. The summed E-state index contributed by atoms with van der Waals surface area (Å²) >= 11 is 5.35. The number of halogens is 4. The lowest BCUT2D eigenvalue weighted by atomic mass is 10.2. The van der Waals surface area contributed by atoms with Crippen LogP contribution in [0.15, 0.2) is 48.5 Å². The first-order chi connectivity index (χ1) is 12.8. The maximum Gasteiger partial charge on any atom is 0.416 e. The summed E-state index contributed by atoms with van der Waals surface area (Å²) in [5.74, 6) is -0.255. The summed E-state index contributed by atoms with van der Waals surface area (Å²) in [7, 11) is 0. The second-order valence-electron chi connectivity index (χ2n) is 6.40. The third-order valence-corrected chi connectivity index (χ3v) is 4.78. The summed E-state index contributed by atoms with van der Waals surface area (Å²) < 4.78 is 51.4. The molecule has 27 heavy (non-hydrogen) atoms. The van der Waals surface area contributed by atoms with Gasteiger partial charge in [0.1, 0.15) is 5.82 Å². The van der Waals surface area contributed by atoms with Crippen LogP contribution in [0.3, 0.4) is 0 Å². The summed E-state index contributed by atoms with van der Waals surface area (Å²) in [5, 5.41) is 3.30. The Morgan fingerprint density at radius 1 is 1.00 bits per heavy atom. The Kier molecular flexibility index (Phi) is 5.96. The topological polar surface area (TPSA) is 18.5 Å². The van der Waals surface area contributed by atoms with Crippen LogP contribution in [0.1, 0.15) is 11.1 Å². The first-order valence-corrected chi connectivity index (χ1v) is 8.92. The lowest BCUT2D eigenvalue weighted by Gasteiger charge is -2.36. The second kappa shape index (κ2) is 8.22. The van der Waals surface area contributed by atoms with Crippen molar-refractivity contribution in [2.45, 2.75) is 12.7 Å². The van der Waals surface area contributed by atoms with Gasteiger partial charge in [0, 0.05) is 38.4 Å². The second-order valence-corrected chi connectivity index (χ2v) is 6.79. The Morgan fingerprint density at radius 2 is 1.67 bits per heavy atom. The third kappa shape index (κ3) is 5.40. The molecule has 1 heterocycles. The molecule has 2 aromatic rings. The predicted molar refractivity (Wildman–Crippen MR) is 101 cm³/mol. The van der Waals surface area contributed by atoms with Crippen molar-refractivity contribution in [3.8, 4) is 0 Å². The van der Waals surface area contributed by atoms with Crippen molar-refractivity contribution in [1.82, 2.24) is 9.80 Å². The minimum absolute atomic E-state index is 0.255. The number of anilines is 1. The zero-order valence-corrected chi connectivity index (χ0v) is 15.3. The highest BCUT2D eigenvalue weighted by atomic mass is 32.1. The molecule has 1 aliphatic rings. The summed E-state index contributed by atoms with van der Waals surface area (Å²) in [6, 6.07) is 11.4. The molecule has 0 aliphatic carbocycles. The largest absolute Gasteiger partial charge is 0.416 e. The van der Waals surface area contributed by atoms with Crippen molar-refractivity contribution in [1.29, 1.82) is 0 Å². The van der Waals surface area contributed by atoms with Crippen LogP contribution in [-0.2, 0) is 12.7 Å². The molecule has 0 atom stereocenters. The molecule has 0 unspecified atom stereocenters. The van der Waals surface area contributed by atoms with E-state index in [2.05, 4.69) is 10.2 Å². The number of piperazine rings is 1.